The van der Waals surface area contributed by atoms with E-state index < -0.39 is 83.9 Å². The molecule has 1 aliphatic carbocycles. The van der Waals surface area contributed by atoms with Gasteiger partial charge >= 0.3 is 5.97 Å². The monoisotopic (exact) mass is 1020 g/mol. The van der Waals surface area contributed by atoms with Gasteiger partial charge in [0.25, 0.3) is 11.7 Å². The van der Waals surface area contributed by atoms with Crippen molar-refractivity contribution >= 4 is 34.9 Å². The Morgan fingerprint density at radius 3 is 2.22 bits per heavy atom. The topological polar surface area (TPSA) is 208 Å². The van der Waals surface area contributed by atoms with Crippen molar-refractivity contribution in [3.8, 4) is 0 Å². The quantitative estimate of drug-likeness (QED) is 0.142. The number of hydroxylamine groups is 1. The second-order valence-electron chi connectivity index (χ2n) is 22.3. The Kier molecular flexibility index (Phi) is 21.0. The molecule has 408 valence electrons. The van der Waals surface area contributed by atoms with E-state index in [1.807, 2.05) is 62.2 Å². The van der Waals surface area contributed by atoms with Crippen LogP contribution in [0.1, 0.15) is 138 Å². The number of anilines is 1. The summed E-state index contributed by atoms with van der Waals surface area (Å²) in [5.74, 6) is -8.21. The first-order chi connectivity index (χ1) is 34.7. The Hall–Kier alpha value is -3.87. The summed E-state index contributed by atoms with van der Waals surface area (Å²) in [4.78, 5) is 79.9. The number of methoxy groups -OCH3 is 3. The number of hydrogen-bond donors (Lipinski definition) is 3. The Labute approximate surface area is 433 Å². The third kappa shape index (κ3) is 14.1. The average molecular weight is 1020 g/mol. The highest BCUT2D eigenvalue weighted by molar-refractivity contribution is 6.39. The summed E-state index contributed by atoms with van der Waals surface area (Å²) in [6.45, 7) is 12.9. The molecule has 16 nitrogen and oxygen atoms in total. The van der Waals surface area contributed by atoms with E-state index >= 15 is 0 Å². The molecule has 0 aromatic heterocycles. The van der Waals surface area contributed by atoms with Crippen molar-refractivity contribution in [1.82, 2.24) is 4.90 Å². The molecule has 1 saturated carbocycles. The number of aliphatic hydroxyl groups excluding tert-OH is 2. The van der Waals surface area contributed by atoms with Crippen molar-refractivity contribution in [3.05, 3.63) is 53.6 Å². The van der Waals surface area contributed by atoms with Crippen LogP contribution in [-0.4, -0.2) is 144 Å². The van der Waals surface area contributed by atoms with Crippen molar-refractivity contribution < 1.29 is 67.8 Å². The molecule has 4 fully saturated rings. The van der Waals surface area contributed by atoms with Gasteiger partial charge in [-0.2, -0.15) is 0 Å². The minimum Gasteiger partial charge on any atom is -0.460 e. The zero-order valence-corrected chi connectivity index (χ0v) is 45.1. The molecule has 3 saturated heterocycles. The van der Waals surface area contributed by atoms with Gasteiger partial charge in [0.15, 0.2) is 5.78 Å². The van der Waals surface area contributed by atoms with Crippen LogP contribution in [0.4, 0.5) is 5.69 Å². The Balaban J connectivity index is 1.34. The number of para-hydroxylation sites is 1. The minimum absolute atomic E-state index is 0.0349. The van der Waals surface area contributed by atoms with Gasteiger partial charge in [0.1, 0.15) is 36.2 Å². The molecule has 7 rings (SSSR count). The number of rotatable bonds is 7. The first-order valence-electron chi connectivity index (χ1n) is 27.1. The molecule has 1 amide bonds. The molecule has 16 heteroatoms. The van der Waals surface area contributed by atoms with E-state index in [4.69, 9.17) is 28.5 Å². The van der Waals surface area contributed by atoms with Crippen molar-refractivity contribution in [2.24, 2.45) is 35.5 Å². The van der Waals surface area contributed by atoms with Crippen LogP contribution in [0.25, 0.3) is 0 Å². The highest BCUT2D eigenvalue weighted by Gasteiger charge is 2.53. The summed E-state index contributed by atoms with van der Waals surface area (Å²) in [5, 5.41) is 36.3. The number of Topliss-reactive ketones (excluding diaryl/α,β-unsaturated/α-hetero) is 3. The summed E-state index contributed by atoms with van der Waals surface area (Å²) in [7, 11) is 4.56. The molecule has 1 aromatic carbocycles. The molecule has 73 heavy (non-hydrogen) atoms. The molecule has 5 aliphatic heterocycles. The Bertz CT molecular complexity index is 2100. The molecular weight excluding hydrogens is 937 g/mol. The van der Waals surface area contributed by atoms with Crippen LogP contribution in [-0.2, 0) is 52.5 Å². The normalized spacial score (nSPS) is 38.8. The zero-order chi connectivity index (χ0) is 53.3. The van der Waals surface area contributed by atoms with Gasteiger partial charge in [0, 0.05) is 58.5 Å². The van der Waals surface area contributed by atoms with Crippen LogP contribution in [0.5, 0.6) is 0 Å². The second-order valence-corrected chi connectivity index (χ2v) is 22.3. The van der Waals surface area contributed by atoms with Crippen molar-refractivity contribution in [2.45, 2.75) is 205 Å². The highest BCUT2D eigenvalue weighted by atomic mass is 16.7. The van der Waals surface area contributed by atoms with E-state index in [-0.39, 0.29) is 73.4 Å². The van der Waals surface area contributed by atoms with E-state index in [9.17, 15) is 39.3 Å². The summed E-state index contributed by atoms with van der Waals surface area (Å²) in [5.41, 5.74) is 2.11. The van der Waals surface area contributed by atoms with E-state index in [0.29, 0.717) is 69.8 Å². The first kappa shape index (κ1) is 58.4. The van der Waals surface area contributed by atoms with E-state index in [0.717, 1.165) is 17.7 Å². The Morgan fingerprint density at radius 1 is 0.808 bits per heavy atom. The number of carbonyl (C=O) groups excluding carboxylic acids is 5. The van der Waals surface area contributed by atoms with Crippen LogP contribution in [0.2, 0.25) is 0 Å². The van der Waals surface area contributed by atoms with Gasteiger partial charge in [-0.05, 0) is 132 Å². The first-order valence-corrected chi connectivity index (χ1v) is 27.1. The number of ether oxygens (including phenoxy) is 5. The fraction of sp³-hybridized carbons (Fsp3) is 0.737. The number of hydrogen-bond acceptors (Lipinski definition) is 15. The molecule has 5 heterocycles. The number of benzene rings is 1. The number of allylic oxidation sites excluding steroid dienone is 1. The molecule has 17 atom stereocenters. The summed E-state index contributed by atoms with van der Waals surface area (Å²) >= 11 is 0. The number of amides is 1. The number of carbonyl (C=O) groups is 5. The van der Waals surface area contributed by atoms with Gasteiger partial charge in [-0.25, -0.2) is 4.79 Å². The second kappa shape index (κ2) is 26.3. The summed E-state index contributed by atoms with van der Waals surface area (Å²) in [6.07, 6.45) is 4.36. The fourth-order valence-electron chi connectivity index (χ4n) is 12.1. The molecule has 3 N–H and O–H groups in total. The van der Waals surface area contributed by atoms with Gasteiger partial charge in [-0.3, -0.25) is 29.1 Å². The van der Waals surface area contributed by atoms with Gasteiger partial charge < -0.3 is 43.9 Å². The maximum atomic E-state index is 14.5. The molecule has 1 aromatic rings. The number of fused-ring (bicyclic) bond motifs is 17. The van der Waals surface area contributed by atoms with Gasteiger partial charge in [-0.1, -0.05) is 65.0 Å². The van der Waals surface area contributed by atoms with Gasteiger partial charge in [0.05, 0.1) is 36.1 Å². The maximum absolute atomic E-state index is 14.5. The van der Waals surface area contributed by atoms with Crippen molar-refractivity contribution in [2.75, 3.05) is 32.9 Å². The molecular formula is C57H86N2O14. The lowest BCUT2D eigenvalue weighted by molar-refractivity contribution is -0.265. The molecule has 4 bridgehead atoms. The van der Waals surface area contributed by atoms with Gasteiger partial charge in [0.2, 0.25) is 5.79 Å². The predicted octanol–water partition coefficient (Wildman–Crippen LogP) is 7.04. The zero-order valence-electron chi connectivity index (χ0n) is 45.1. The van der Waals surface area contributed by atoms with Crippen molar-refractivity contribution in [3.63, 3.8) is 0 Å². The number of piperidine rings is 1. The number of esters is 1. The molecule has 0 spiro atoms. The number of ketones is 3. The average Bonchev–Trinajstić information content (AvgIpc) is 3.38. The lowest BCUT2D eigenvalue weighted by atomic mass is 9.78. The van der Waals surface area contributed by atoms with Crippen molar-refractivity contribution in [1.29, 1.82) is 0 Å². The number of nitrogens with zero attached hydrogens (tertiary/aromatic N) is 2. The standard InChI is InChI=1S/C57H86N2O14/c1-33-26-37(5)51(62)53(70-10)52(63)38(6)27-34(2)47(61)32-49(35(3)28-40-20-24-46(60)50(30-40)69-9)71-56(66)45-18-14-15-25-58(45)55(65)54(64)57(67)39(7)19-21-42(72-57)31-48(68-8)36(4)29-43-22-23-44(33)59(73-43)41-16-12-11-13-17-41/h11-13,16-17,27,29,33-35,37,39-40,42-46,48-50,52-53,60,63,67H,14-15,18-26,28,30-32H2,1-10H3/b36-29?,38-27-. The largest absolute Gasteiger partial charge is 0.460 e. The fourth-order valence-corrected chi connectivity index (χ4v) is 12.1. The van der Waals surface area contributed by atoms with Gasteiger partial charge in [-0.15, -0.1) is 0 Å². The Morgan fingerprint density at radius 2 is 1.53 bits per heavy atom. The number of aliphatic hydroxyl groups is 3. The van der Waals surface area contributed by atoms with Crippen LogP contribution in [0, 0.1) is 35.5 Å². The highest BCUT2D eigenvalue weighted by Crippen LogP contribution is 2.39. The molecule has 6 aliphatic rings. The molecule has 17 unspecified atom stereocenters. The minimum atomic E-state index is -2.46. The van der Waals surface area contributed by atoms with Crippen LogP contribution in [0.15, 0.2) is 53.6 Å². The predicted molar refractivity (Wildman–Crippen MR) is 274 cm³/mol. The van der Waals surface area contributed by atoms with E-state index in [1.165, 1.54) is 12.0 Å². The van der Waals surface area contributed by atoms with E-state index in [1.54, 1.807) is 41.1 Å². The van der Waals surface area contributed by atoms with Crippen LogP contribution >= 0.6 is 0 Å². The maximum Gasteiger partial charge on any atom is 0.329 e. The summed E-state index contributed by atoms with van der Waals surface area (Å²) in [6, 6.07) is 8.56. The lowest BCUT2D eigenvalue weighted by Crippen LogP contribution is -2.61. The molecule has 0 radical (unpaired) electrons. The summed E-state index contributed by atoms with van der Waals surface area (Å²) < 4.78 is 29.9. The van der Waals surface area contributed by atoms with Crippen LogP contribution < -0.4 is 5.06 Å². The third-order valence-electron chi connectivity index (χ3n) is 16.9. The lowest BCUT2D eigenvalue weighted by Gasteiger charge is -2.43. The smallest absolute Gasteiger partial charge is 0.329 e. The van der Waals surface area contributed by atoms with E-state index in [2.05, 4.69) is 6.92 Å². The SMILES string of the molecule is COC1CC2CCC(C)C(O)(O2)C(=O)C(=O)N2CCCCC2C(=O)OC(C(C)CC2CCC(O)C(OC)C2)CC(=O)C(C)/C=C(/C)C(O)C(OC)C(=O)C(C)CC(C)C2CCC(C=C1C)ON2c1ccccc1. The third-order valence-corrected chi connectivity index (χ3v) is 16.9. The van der Waals surface area contributed by atoms with Crippen LogP contribution in [0.3, 0.4) is 0 Å².